The van der Waals surface area contributed by atoms with Crippen LogP contribution in [0.25, 0.3) is 10.4 Å². The Morgan fingerprint density at radius 3 is 2.65 bits per heavy atom. The summed E-state index contributed by atoms with van der Waals surface area (Å²) in [4.78, 5) is 9.33. The van der Waals surface area contributed by atoms with E-state index in [0.29, 0.717) is 0 Å². The standard InChI is InChI=1S/C13H11N3S/c1-3-12(13-7-15-10-17-13)4-2-11(1)8-16-6-5-14-9-16/h1-7,9-10H,8H2. The first-order chi connectivity index (χ1) is 8.42. The third kappa shape index (κ3) is 2.26. The molecule has 0 atom stereocenters. The normalized spacial score (nSPS) is 10.6. The maximum atomic E-state index is 4.09. The Kier molecular flexibility index (Phi) is 2.71. The highest BCUT2D eigenvalue weighted by atomic mass is 32.1. The van der Waals surface area contributed by atoms with E-state index < -0.39 is 0 Å². The highest BCUT2D eigenvalue weighted by Crippen LogP contribution is 2.23. The molecule has 2 aromatic heterocycles. The van der Waals surface area contributed by atoms with Gasteiger partial charge in [-0.3, -0.25) is 4.98 Å². The van der Waals surface area contributed by atoms with Crippen molar-refractivity contribution in [2.45, 2.75) is 6.54 Å². The zero-order chi connectivity index (χ0) is 11.5. The van der Waals surface area contributed by atoms with E-state index in [1.54, 1.807) is 17.5 Å². The van der Waals surface area contributed by atoms with Crippen molar-refractivity contribution < 1.29 is 0 Å². The third-order valence-electron chi connectivity index (χ3n) is 2.60. The molecule has 2 heterocycles. The Labute approximate surface area is 103 Å². The molecule has 3 aromatic rings. The summed E-state index contributed by atoms with van der Waals surface area (Å²) in [5.74, 6) is 0. The Morgan fingerprint density at radius 2 is 2.00 bits per heavy atom. The summed E-state index contributed by atoms with van der Waals surface area (Å²) in [7, 11) is 0. The summed E-state index contributed by atoms with van der Waals surface area (Å²) in [6, 6.07) is 8.57. The Hall–Kier alpha value is -1.94. The van der Waals surface area contributed by atoms with Gasteiger partial charge in [-0.2, -0.15) is 0 Å². The highest BCUT2D eigenvalue weighted by Gasteiger charge is 1.99. The monoisotopic (exact) mass is 241 g/mol. The highest BCUT2D eigenvalue weighted by molar-refractivity contribution is 7.13. The van der Waals surface area contributed by atoms with E-state index in [1.807, 2.05) is 24.2 Å². The Morgan fingerprint density at radius 1 is 1.12 bits per heavy atom. The van der Waals surface area contributed by atoms with Gasteiger partial charge in [0.25, 0.3) is 0 Å². The number of benzene rings is 1. The second kappa shape index (κ2) is 4.51. The fraction of sp³-hybridized carbons (Fsp3) is 0.0769. The molecule has 0 saturated carbocycles. The van der Waals surface area contributed by atoms with Crippen molar-refractivity contribution in [3.63, 3.8) is 0 Å². The minimum atomic E-state index is 0.864. The van der Waals surface area contributed by atoms with E-state index in [2.05, 4.69) is 38.8 Å². The maximum absolute atomic E-state index is 4.09. The molecule has 1 aromatic carbocycles. The summed E-state index contributed by atoms with van der Waals surface area (Å²) in [5.41, 5.74) is 4.35. The van der Waals surface area contributed by atoms with Gasteiger partial charge in [0, 0.05) is 25.1 Å². The van der Waals surface area contributed by atoms with Crippen LogP contribution in [0.4, 0.5) is 0 Å². The van der Waals surface area contributed by atoms with Crippen LogP contribution in [0, 0.1) is 0 Å². The number of thiazole rings is 1. The fourth-order valence-electron chi connectivity index (χ4n) is 1.72. The summed E-state index contributed by atoms with van der Waals surface area (Å²) in [6.07, 6.45) is 7.50. The molecule has 0 unspecified atom stereocenters. The largest absolute Gasteiger partial charge is 0.333 e. The van der Waals surface area contributed by atoms with Crippen LogP contribution in [0.5, 0.6) is 0 Å². The Balaban J connectivity index is 1.81. The molecule has 0 N–H and O–H groups in total. The number of rotatable bonds is 3. The predicted octanol–water partition coefficient (Wildman–Crippen LogP) is 3.05. The molecule has 0 amide bonds. The first-order valence-electron chi connectivity index (χ1n) is 5.35. The maximum Gasteiger partial charge on any atom is 0.0949 e. The van der Waals surface area contributed by atoms with Crippen LogP contribution in [0.1, 0.15) is 5.56 Å². The first-order valence-corrected chi connectivity index (χ1v) is 6.23. The van der Waals surface area contributed by atoms with E-state index >= 15 is 0 Å². The molecule has 0 radical (unpaired) electrons. The Bertz CT molecular complexity index is 568. The lowest BCUT2D eigenvalue weighted by molar-refractivity contribution is 0.797. The molecule has 0 aliphatic rings. The van der Waals surface area contributed by atoms with E-state index in [0.717, 1.165) is 6.54 Å². The van der Waals surface area contributed by atoms with Gasteiger partial charge in [-0.05, 0) is 11.1 Å². The van der Waals surface area contributed by atoms with Gasteiger partial charge in [0.2, 0.25) is 0 Å². The summed E-state index contributed by atoms with van der Waals surface area (Å²) in [6.45, 7) is 0.864. The topological polar surface area (TPSA) is 30.7 Å². The minimum Gasteiger partial charge on any atom is -0.333 e. The van der Waals surface area contributed by atoms with Crippen LogP contribution in [0.15, 0.2) is 54.7 Å². The first kappa shape index (κ1) is 10.2. The molecule has 4 heteroatoms. The third-order valence-corrected chi connectivity index (χ3v) is 3.42. The van der Waals surface area contributed by atoms with E-state index in [1.165, 1.54) is 16.0 Å². The minimum absolute atomic E-state index is 0.864. The molecule has 17 heavy (non-hydrogen) atoms. The molecule has 3 nitrogen and oxygen atoms in total. The smallest absolute Gasteiger partial charge is 0.0949 e. The van der Waals surface area contributed by atoms with Crippen molar-refractivity contribution in [2.75, 3.05) is 0 Å². The van der Waals surface area contributed by atoms with Crippen molar-refractivity contribution in [1.29, 1.82) is 0 Å². The lowest BCUT2D eigenvalue weighted by Crippen LogP contribution is -1.95. The predicted molar refractivity (Wildman–Crippen MR) is 68.9 cm³/mol. The van der Waals surface area contributed by atoms with Crippen LogP contribution in [-0.4, -0.2) is 14.5 Å². The molecule has 3 rings (SSSR count). The average molecular weight is 241 g/mol. The molecule has 84 valence electrons. The quantitative estimate of drug-likeness (QED) is 0.705. The van der Waals surface area contributed by atoms with Crippen LogP contribution >= 0.6 is 11.3 Å². The zero-order valence-corrected chi connectivity index (χ0v) is 9.97. The van der Waals surface area contributed by atoms with Crippen molar-refractivity contribution in [1.82, 2.24) is 14.5 Å². The molecule has 0 fully saturated rings. The van der Waals surface area contributed by atoms with E-state index in [4.69, 9.17) is 0 Å². The van der Waals surface area contributed by atoms with Crippen molar-refractivity contribution in [2.24, 2.45) is 0 Å². The van der Waals surface area contributed by atoms with Gasteiger partial charge in [-0.15, -0.1) is 11.3 Å². The summed E-state index contributed by atoms with van der Waals surface area (Å²) >= 11 is 1.66. The fourth-order valence-corrected chi connectivity index (χ4v) is 2.35. The van der Waals surface area contributed by atoms with E-state index in [-0.39, 0.29) is 0 Å². The number of nitrogens with zero attached hydrogens (tertiary/aromatic N) is 3. The molecule has 0 spiro atoms. The lowest BCUT2D eigenvalue weighted by Gasteiger charge is -2.03. The van der Waals surface area contributed by atoms with Gasteiger partial charge in [-0.25, -0.2) is 4.98 Å². The van der Waals surface area contributed by atoms with Gasteiger partial charge < -0.3 is 4.57 Å². The van der Waals surface area contributed by atoms with Crippen LogP contribution < -0.4 is 0 Å². The van der Waals surface area contributed by atoms with E-state index in [9.17, 15) is 0 Å². The molecule has 0 saturated heterocycles. The zero-order valence-electron chi connectivity index (χ0n) is 9.15. The number of imidazole rings is 1. The molecule has 0 bridgehead atoms. The molecular weight excluding hydrogens is 230 g/mol. The van der Waals surface area contributed by atoms with Gasteiger partial charge in [-0.1, -0.05) is 24.3 Å². The van der Waals surface area contributed by atoms with Crippen LogP contribution in [0.3, 0.4) is 0 Å². The summed E-state index contributed by atoms with van der Waals surface area (Å²) in [5, 5.41) is 0. The number of aromatic nitrogens is 3. The van der Waals surface area contributed by atoms with Crippen molar-refractivity contribution >= 4 is 11.3 Å². The van der Waals surface area contributed by atoms with Gasteiger partial charge in [0.15, 0.2) is 0 Å². The number of hydrogen-bond acceptors (Lipinski definition) is 3. The van der Waals surface area contributed by atoms with Crippen molar-refractivity contribution in [3.05, 3.63) is 60.3 Å². The SMILES string of the molecule is c1cn(Cc2ccc(-c3cncs3)cc2)cn1. The van der Waals surface area contributed by atoms with Crippen molar-refractivity contribution in [3.8, 4) is 10.4 Å². The number of hydrogen-bond donors (Lipinski definition) is 0. The van der Waals surface area contributed by atoms with Crippen LogP contribution in [0.2, 0.25) is 0 Å². The van der Waals surface area contributed by atoms with Gasteiger partial charge in [0.05, 0.1) is 16.7 Å². The summed E-state index contributed by atoms with van der Waals surface area (Å²) < 4.78 is 2.06. The lowest BCUT2D eigenvalue weighted by atomic mass is 10.1. The van der Waals surface area contributed by atoms with Crippen LogP contribution in [-0.2, 0) is 6.54 Å². The van der Waals surface area contributed by atoms with Gasteiger partial charge in [0.1, 0.15) is 0 Å². The molecule has 0 aliphatic heterocycles. The van der Waals surface area contributed by atoms with Gasteiger partial charge >= 0.3 is 0 Å². The molecular formula is C13H11N3S. The second-order valence-corrected chi connectivity index (χ2v) is 4.68. The molecule has 0 aliphatic carbocycles. The second-order valence-electron chi connectivity index (χ2n) is 3.80. The average Bonchev–Trinajstić information content (AvgIpc) is 3.01.